The largest absolute Gasteiger partial charge is 0.536 e. The molecule has 1 aromatic heterocycles. The zero-order chi connectivity index (χ0) is 23.1. The number of H-pyrrole nitrogens is 1. The lowest BCUT2D eigenvalue weighted by atomic mass is 10.1. The number of nitrogens with zero attached hydrogens (tertiary/aromatic N) is 1. The molecule has 0 saturated carbocycles. The second-order valence-corrected chi connectivity index (χ2v) is 10.3. The van der Waals surface area contributed by atoms with Gasteiger partial charge in [0.1, 0.15) is 18.3 Å². The fourth-order valence-electron chi connectivity index (χ4n) is 2.25. The molecule has 17 nitrogen and oxygen atoms in total. The number of aliphatic hydroxyl groups is 3. The van der Waals surface area contributed by atoms with Crippen molar-refractivity contribution in [3.05, 3.63) is 21.3 Å². The summed E-state index contributed by atoms with van der Waals surface area (Å²) < 4.78 is 50.7. The van der Waals surface area contributed by atoms with Crippen molar-refractivity contribution in [2.24, 2.45) is 0 Å². The van der Waals surface area contributed by atoms with Gasteiger partial charge >= 0.3 is 23.5 Å². The van der Waals surface area contributed by atoms with Gasteiger partial charge in [0.15, 0.2) is 11.0 Å². The van der Waals surface area contributed by atoms with E-state index in [1.54, 1.807) is 0 Å². The molecule has 172 valence electrons. The Labute approximate surface area is 170 Å². The molecule has 21 heteroatoms. The van der Waals surface area contributed by atoms with Crippen LogP contribution in [0.5, 0.6) is 5.75 Å². The summed E-state index contributed by atoms with van der Waals surface area (Å²) >= 11 is 4.85. The van der Waals surface area contributed by atoms with Crippen LogP contribution in [0.1, 0.15) is 6.23 Å². The predicted molar refractivity (Wildman–Crippen MR) is 93.4 cm³/mol. The number of rotatable bonds is 8. The number of aliphatic hydroxyl groups excluding tert-OH is 3. The van der Waals surface area contributed by atoms with Gasteiger partial charge in [-0.15, -0.1) is 0 Å². The lowest BCUT2D eigenvalue weighted by Crippen LogP contribution is -2.33. The minimum Gasteiger partial charge on any atom is -0.396 e. The number of aromatic nitrogens is 2. The smallest absolute Gasteiger partial charge is 0.396 e. The molecule has 1 aromatic rings. The van der Waals surface area contributed by atoms with E-state index in [2.05, 4.69) is 13.1 Å². The van der Waals surface area contributed by atoms with Crippen LogP contribution in [0, 0.1) is 4.77 Å². The van der Waals surface area contributed by atoms with Gasteiger partial charge in [-0.3, -0.25) is 19.2 Å². The molecule has 1 fully saturated rings. The van der Waals surface area contributed by atoms with Gasteiger partial charge in [0.05, 0.1) is 12.8 Å². The van der Waals surface area contributed by atoms with Gasteiger partial charge in [0.25, 0.3) is 5.56 Å². The molecule has 0 aliphatic carbocycles. The Morgan fingerprint density at radius 1 is 1.10 bits per heavy atom. The zero-order valence-corrected chi connectivity index (χ0v) is 17.7. The van der Waals surface area contributed by atoms with E-state index >= 15 is 0 Å². The van der Waals surface area contributed by atoms with Gasteiger partial charge in [0, 0.05) is 0 Å². The summed E-state index contributed by atoms with van der Waals surface area (Å²) in [6.07, 6.45) is -5.35. The van der Waals surface area contributed by atoms with Crippen LogP contribution in [0.15, 0.2) is 11.0 Å². The van der Waals surface area contributed by atoms with E-state index < -0.39 is 70.7 Å². The van der Waals surface area contributed by atoms with Crippen molar-refractivity contribution in [2.75, 3.05) is 6.61 Å². The van der Waals surface area contributed by atoms with Crippen molar-refractivity contribution in [3.63, 3.8) is 0 Å². The second-order valence-electron chi connectivity index (χ2n) is 5.57. The van der Waals surface area contributed by atoms with Crippen molar-refractivity contribution in [2.45, 2.75) is 24.5 Å². The standard InChI is InChI=1S/C9H15N2O15P3S/c12-2-4-5(13)6(14)8(23-4)11-1-3(7(15)10-9(11)30)24-28(19,20)26-29(21,22)25-27(16,17)18/h1,4-6,8,12-14H,2H2,(H,19,20)(H,21,22)(H,10,15,30)(H2,16,17,18)/t4-,5-,6-,8-/m1/s1. The van der Waals surface area contributed by atoms with E-state index in [1.165, 1.54) is 0 Å². The monoisotopic (exact) mass is 516 g/mol. The van der Waals surface area contributed by atoms with Crippen LogP contribution >= 0.6 is 35.7 Å². The second kappa shape index (κ2) is 8.97. The lowest BCUT2D eigenvalue weighted by molar-refractivity contribution is -0.0543. The van der Waals surface area contributed by atoms with E-state index in [9.17, 15) is 33.6 Å². The maximum absolute atomic E-state index is 11.9. The van der Waals surface area contributed by atoms with Gasteiger partial charge in [-0.25, -0.2) is 13.7 Å². The Hall–Kier alpha value is -0.810. The van der Waals surface area contributed by atoms with Crippen LogP contribution in [-0.4, -0.2) is 69.4 Å². The van der Waals surface area contributed by atoms with Gasteiger partial charge in [-0.05, 0) is 12.2 Å². The van der Waals surface area contributed by atoms with E-state index in [4.69, 9.17) is 36.7 Å². The highest BCUT2D eigenvalue weighted by Crippen LogP contribution is 2.65. The zero-order valence-electron chi connectivity index (χ0n) is 14.2. The molecule has 6 atom stereocenters. The molecule has 0 spiro atoms. The van der Waals surface area contributed by atoms with Crippen molar-refractivity contribution in [1.82, 2.24) is 9.55 Å². The highest BCUT2D eigenvalue weighted by atomic mass is 32.1. The first-order valence-corrected chi connectivity index (χ1v) is 12.3. The first-order valence-electron chi connectivity index (χ1n) is 7.36. The summed E-state index contributed by atoms with van der Waals surface area (Å²) in [5.74, 6) is -1.08. The highest BCUT2D eigenvalue weighted by Gasteiger charge is 2.44. The molecule has 2 unspecified atom stereocenters. The summed E-state index contributed by atoms with van der Waals surface area (Å²) in [7, 11) is -17.1. The van der Waals surface area contributed by atoms with Crippen molar-refractivity contribution in [1.29, 1.82) is 0 Å². The maximum atomic E-state index is 11.9. The Morgan fingerprint density at radius 3 is 2.20 bits per heavy atom. The number of phosphoric ester groups is 1. The van der Waals surface area contributed by atoms with Gasteiger partial charge in [-0.1, -0.05) is 0 Å². The first kappa shape index (κ1) is 25.5. The Kier molecular flexibility index (Phi) is 7.61. The lowest BCUT2D eigenvalue weighted by Gasteiger charge is -2.20. The van der Waals surface area contributed by atoms with Gasteiger partial charge in [0.2, 0.25) is 5.75 Å². The molecule has 1 saturated heterocycles. The van der Waals surface area contributed by atoms with Crippen molar-refractivity contribution >= 4 is 35.7 Å². The molecule has 2 heterocycles. The molecule has 1 aliphatic heterocycles. The average Bonchev–Trinajstić information content (AvgIpc) is 2.81. The van der Waals surface area contributed by atoms with Crippen molar-refractivity contribution in [3.8, 4) is 5.75 Å². The summed E-state index contributed by atoms with van der Waals surface area (Å²) in [6, 6.07) is 0. The number of hydrogen-bond acceptors (Lipinski definition) is 12. The fraction of sp³-hybridized carbons (Fsp3) is 0.556. The predicted octanol–water partition coefficient (Wildman–Crippen LogP) is -1.78. The third-order valence-electron chi connectivity index (χ3n) is 3.36. The average molecular weight is 516 g/mol. The normalized spacial score (nSPS) is 28.6. The first-order chi connectivity index (χ1) is 13.6. The van der Waals surface area contributed by atoms with Crippen LogP contribution in [-0.2, 0) is 27.1 Å². The third kappa shape index (κ3) is 6.35. The molecular formula is C9H15N2O15P3S. The topological polar surface area (TPSA) is 268 Å². The number of aromatic amines is 1. The number of ether oxygens (including phenoxy) is 1. The molecule has 0 radical (unpaired) electrons. The van der Waals surface area contributed by atoms with Gasteiger partial charge in [-0.2, -0.15) is 8.62 Å². The summed E-state index contributed by atoms with van der Waals surface area (Å²) in [5.41, 5.74) is -1.26. The minimum absolute atomic E-state index is 0.423. The molecule has 1 aliphatic rings. The van der Waals surface area contributed by atoms with E-state index in [0.29, 0.717) is 6.20 Å². The molecule has 2 rings (SSSR count). The minimum atomic E-state index is -5.83. The fourth-order valence-corrected chi connectivity index (χ4v) is 5.52. The Bertz CT molecular complexity index is 1050. The van der Waals surface area contributed by atoms with E-state index in [1.807, 2.05) is 4.98 Å². The highest BCUT2D eigenvalue weighted by molar-refractivity contribution is 7.71. The third-order valence-corrected chi connectivity index (χ3v) is 7.42. The quantitative estimate of drug-likeness (QED) is 0.140. The summed E-state index contributed by atoms with van der Waals surface area (Å²) in [4.78, 5) is 49.5. The van der Waals surface area contributed by atoms with Crippen LogP contribution < -0.4 is 10.1 Å². The summed E-state index contributed by atoms with van der Waals surface area (Å²) in [6.45, 7) is -0.695. The Balaban J connectivity index is 2.33. The van der Waals surface area contributed by atoms with Crippen LogP contribution in [0.3, 0.4) is 0 Å². The van der Waals surface area contributed by atoms with Crippen LogP contribution in [0.4, 0.5) is 0 Å². The van der Waals surface area contributed by atoms with Gasteiger partial charge < -0.3 is 39.3 Å². The molecule has 30 heavy (non-hydrogen) atoms. The van der Waals surface area contributed by atoms with Crippen LogP contribution in [0.25, 0.3) is 0 Å². The van der Waals surface area contributed by atoms with Crippen molar-refractivity contribution < 1.29 is 66.5 Å². The number of hydrogen-bond donors (Lipinski definition) is 8. The number of phosphoric acid groups is 3. The SMILES string of the molecule is O=c1[nH]c(=S)n([C@@H]2O[C@H](CO)[C@@H](O)[C@H]2O)cc1OP(=O)(O)OP(=O)(O)OP(=O)(O)O. The maximum Gasteiger partial charge on any atom is 0.536 e. The summed E-state index contributed by atoms with van der Waals surface area (Å²) in [5, 5.41) is 28.9. The molecule has 8 N–H and O–H groups in total. The molecule has 0 aromatic carbocycles. The van der Waals surface area contributed by atoms with E-state index in [-0.39, 0.29) is 0 Å². The number of nitrogens with one attached hydrogen (secondary N) is 1. The Morgan fingerprint density at radius 2 is 1.70 bits per heavy atom. The molecule has 0 bridgehead atoms. The van der Waals surface area contributed by atoms with E-state index in [0.717, 1.165) is 4.57 Å². The molecule has 0 amide bonds. The molecular weight excluding hydrogens is 501 g/mol. The van der Waals surface area contributed by atoms with Crippen LogP contribution in [0.2, 0.25) is 0 Å².